The average molecular weight is 343 g/mol. The third kappa shape index (κ3) is 4.66. The molecule has 0 N–H and O–H groups in total. The van der Waals surface area contributed by atoms with Crippen LogP contribution in [-0.2, 0) is 16.0 Å². The number of amides is 1. The third-order valence-electron chi connectivity index (χ3n) is 4.42. The summed E-state index contributed by atoms with van der Waals surface area (Å²) in [6.07, 6.45) is 2.61. The normalized spacial score (nSPS) is 15.7. The number of hydrogen-bond donors (Lipinski definition) is 0. The highest BCUT2D eigenvalue weighted by Crippen LogP contribution is 2.18. The Morgan fingerprint density at radius 3 is 2.68 bits per heavy atom. The van der Waals surface area contributed by atoms with E-state index in [-0.39, 0.29) is 17.9 Å². The molecule has 0 saturated carbocycles. The Morgan fingerprint density at radius 1 is 1.28 bits per heavy atom. The number of likely N-dealkylation sites (tertiary alicyclic amines) is 1. The average Bonchev–Trinajstić information content (AvgIpc) is 3.11. The van der Waals surface area contributed by atoms with E-state index in [1.54, 1.807) is 0 Å². The Labute approximate surface area is 148 Å². The lowest BCUT2D eigenvalue weighted by Crippen LogP contribution is -2.42. The first kappa shape index (κ1) is 17.6. The minimum atomic E-state index is 0.0644. The zero-order valence-corrected chi connectivity index (χ0v) is 14.9. The van der Waals surface area contributed by atoms with E-state index in [1.165, 1.54) is 0 Å². The van der Waals surface area contributed by atoms with Crippen LogP contribution in [0.2, 0.25) is 0 Å². The van der Waals surface area contributed by atoms with Gasteiger partial charge in [0.1, 0.15) is 0 Å². The molecule has 0 aliphatic carbocycles. The van der Waals surface area contributed by atoms with Crippen molar-refractivity contribution in [3.63, 3.8) is 0 Å². The number of rotatable bonds is 6. The summed E-state index contributed by atoms with van der Waals surface area (Å²) < 4.78 is 11.2. The van der Waals surface area contributed by atoms with Crippen LogP contribution in [0.25, 0.3) is 11.5 Å². The quantitative estimate of drug-likeness (QED) is 0.806. The van der Waals surface area contributed by atoms with Gasteiger partial charge in [-0.15, -0.1) is 0 Å². The molecule has 1 fully saturated rings. The van der Waals surface area contributed by atoms with E-state index >= 15 is 0 Å². The summed E-state index contributed by atoms with van der Waals surface area (Å²) in [4.78, 5) is 18.3. The number of benzene rings is 1. The maximum atomic E-state index is 12.0. The summed E-state index contributed by atoms with van der Waals surface area (Å²) in [5.74, 6) is 1.50. The highest BCUT2D eigenvalue weighted by molar-refractivity contribution is 5.78. The van der Waals surface area contributed by atoms with Crippen LogP contribution in [0.1, 0.15) is 32.5 Å². The fourth-order valence-corrected chi connectivity index (χ4v) is 2.98. The van der Waals surface area contributed by atoms with Crippen LogP contribution >= 0.6 is 0 Å². The van der Waals surface area contributed by atoms with Gasteiger partial charge >= 0.3 is 0 Å². The van der Waals surface area contributed by atoms with Crippen molar-refractivity contribution >= 4 is 5.91 Å². The van der Waals surface area contributed by atoms with Crippen LogP contribution in [0.3, 0.4) is 0 Å². The molecule has 2 heterocycles. The SMILES string of the molecule is CC(C)C(=O)N1CCC(OCCc2noc(-c3ccccc3)n2)CC1. The van der Waals surface area contributed by atoms with Crippen molar-refractivity contribution in [2.75, 3.05) is 19.7 Å². The van der Waals surface area contributed by atoms with Crippen LogP contribution < -0.4 is 0 Å². The van der Waals surface area contributed by atoms with Gasteiger partial charge in [-0.25, -0.2) is 0 Å². The lowest BCUT2D eigenvalue weighted by atomic mass is 10.1. The summed E-state index contributed by atoms with van der Waals surface area (Å²) in [6, 6.07) is 9.73. The standard InChI is InChI=1S/C19H25N3O3/c1-14(2)19(23)22-11-8-16(9-12-22)24-13-10-17-20-18(25-21-17)15-6-4-3-5-7-15/h3-7,14,16H,8-13H2,1-2H3. The second kappa shape index (κ2) is 8.25. The molecular weight excluding hydrogens is 318 g/mol. The number of nitrogens with zero attached hydrogens (tertiary/aromatic N) is 3. The van der Waals surface area contributed by atoms with Crippen molar-refractivity contribution in [1.82, 2.24) is 15.0 Å². The Kier molecular flexibility index (Phi) is 5.81. The summed E-state index contributed by atoms with van der Waals surface area (Å²) in [5.41, 5.74) is 0.921. The molecule has 0 unspecified atom stereocenters. The molecule has 3 rings (SSSR count). The van der Waals surface area contributed by atoms with Crippen molar-refractivity contribution in [1.29, 1.82) is 0 Å². The molecule has 1 saturated heterocycles. The molecule has 0 bridgehead atoms. The van der Waals surface area contributed by atoms with E-state index in [9.17, 15) is 4.79 Å². The zero-order valence-electron chi connectivity index (χ0n) is 14.9. The first-order valence-corrected chi connectivity index (χ1v) is 8.92. The highest BCUT2D eigenvalue weighted by Gasteiger charge is 2.24. The maximum absolute atomic E-state index is 12.0. The van der Waals surface area contributed by atoms with E-state index in [0.717, 1.165) is 31.5 Å². The van der Waals surface area contributed by atoms with Crippen molar-refractivity contribution in [3.05, 3.63) is 36.2 Å². The predicted molar refractivity (Wildman–Crippen MR) is 93.8 cm³/mol. The van der Waals surface area contributed by atoms with Gasteiger partial charge in [0, 0.05) is 31.0 Å². The number of hydrogen-bond acceptors (Lipinski definition) is 5. The fourth-order valence-electron chi connectivity index (χ4n) is 2.98. The molecule has 1 amide bonds. The molecule has 1 aliphatic rings. The summed E-state index contributed by atoms with van der Waals surface area (Å²) >= 11 is 0. The topological polar surface area (TPSA) is 68.5 Å². The van der Waals surface area contributed by atoms with Crippen LogP contribution in [0.15, 0.2) is 34.9 Å². The van der Waals surface area contributed by atoms with Crippen LogP contribution in [0, 0.1) is 5.92 Å². The van der Waals surface area contributed by atoms with Crippen molar-refractivity contribution in [2.24, 2.45) is 5.92 Å². The fraction of sp³-hybridized carbons (Fsp3) is 0.526. The van der Waals surface area contributed by atoms with Gasteiger partial charge < -0.3 is 14.2 Å². The monoisotopic (exact) mass is 343 g/mol. The minimum Gasteiger partial charge on any atom is -0.378 e. The summed E-state index contributed by atoms with van der Waals surface area (Å²) in [5, 5.41) is 4.01. The van der Waals surface area contributed by atoms with Gasteiger partial charge in [0.15, 0.2) is 5.82 Å². The predicted octanol–water partition coefficient (Wildman–Crippen LogP) is 2.94. The molecule has 25 heavy (non-hydrogen) atoms. The first-order chi connectivity index (χ1) is 12.1. The number of aromatic nitrogens is 2. The molecule has 1 aromatic carbocycles. The van der Waals surface area contributed by atoms with Gasteiger partial charge in [0.05, 0.1) is 12.7 Å². The van der Waals surface area contributed by atoms with E-state index in [4.69, 9.17) is 9.26 Å². The van der Waals surface area contributed by atoms with Gasteiger partial charge in [-0.05, 0) is 25.0 Å². The van der Waals surface area contributed by atoms with Crippen molar-refractivity contribution in [2.45, 2.75) is 39.2 Å². The van der Waals surface area contributed by atoms with Gasteiger partial charge in [0.25, 0.3) is 5.89 Å². The van der Waals surface area contributed by atoms with Gasteiger partial charge in [-0.1, -0.05) is 37.2 Å². The van der Waals surface area contributed by atoms with E-state index in [0.29, 0.717) is 24.7 Å². The second-order valence-corrected chi connectivity index (χ2v) is 6.68. The molecule has 0 radical (unpaired) electrons. The molecular formula is C19H25N3O3. The molecule has 6 heteroatoms. The lowest BCUT2D eigenvalue weighted by molar-refractivity contribution is -0.137. The molecule has 0 atom stereocenters. The van der Waals surface area contributed by atoms with Crippen LogP contribution in [0.4, 0.5) is 0 Å². The highest BCUT2D eigenvalue weighted by atomic mass is 16.5. The Bertz CT molecular complexity index is 676. The molecule has 0 spiro atoms. The Hall–Kier alpha value is -2.21. The molecule has 2 aromatic rings. The molecule has 1 aromatic heterocycles. The lowest BCUT2D eigenvalue weighted by Gasteiger charge is -2.33. The van der Waals surface area contributed by atoms with Gasteiger partial charge in [-0.3, -0.25) is 4.79 Å². The van der Waals surface area contributed by atoms with Crippen LogP contribution in [0.5, 0.6) is 0 Å². The number of carbonyl (C=O) groups is 1. The molecule has 1 aliphatic heterocycles. The minimum absolute atomic E-state index is 0.0644. The smallest absolute Gasteiger partial charge is 0.257 e. The van der Waals surface area contributed by atoms with Gasteiger partial charge in [0.2, 0.25) is 5.91 Å². The number of ether oxygens (including phenoxy) is 1. The van der Waals surface area contributed by atoms with Crippen molar-refractivity contribution < 1.29 is 14.1 Å². The first-order valence-electron chi connectivity index (χ1n) is 8.92. The zero-order chi connectivity index (χ0) is 17.6. The second-order valence-electron chi connectivity index (χ2n) is 6.68. The third-order valence-corrected chi connectivity index (χ3v) is 4.42. The number of carbonyl (C=O) groups excluding carboxylic acids is 1. The summed E-state index contributed by atoms with van der Waals surface area (Å²) in [6.45, 7) is 6.01. The Balaban J connectivity index is 1.41. The maximum Gasteiger partial charge on any atom is 0.257 e. The van der Waals surface area contributed by atoms with Crippen LogP contribution in [-0.4, -0.2) is 46.7 Å². The van der Waals surface area contributed by atoms with E-state index < -0.39 is 0 Å². The van der Waals surface area contributed by atoms with Crippen molar-refractivity contribution in [3.8, 4) is 11.5 Å². The summed E-state index contributed by atoms with van der Waals surface area (Å²) in [7, 11) is 0. The number of piperidine rings is 1. The molecule has 134 valence electrons. The molecule has 6 nitrogen and oxygen atoms in total. The van der Waals surface area contributed by atoms with E-state index in [1.807, 2.05) is 49.1 Å². The van der Waals surface area contributed by atoms with Gasteiger partial charge in [-0.2, -0.15) is 4.98 Å². The largest absolute Gasteiger partial charge is 0.378 e. The Morgan fingerprint density at radius 2 is 2.00 bits per heavy atom. The van der Waals surface area contributed by atoms with E-state index in [2.05, 4.69) is 10.1 Å².